The lowest BCUT2D eigenvalue weighted by Gasteiger charge is -2.02. The molecule has 1 amide bonds. The Labute approximate surface area is 155 Å². The van der Waals surface area contributed by atoms with Crippen molar-refractivity contribution in [2.24, 2.45) is 0 Å². The zero-order chi connectivity index (χ0) is 17.9. The first kappa shape index (κ1) is 16.4. The van der Waals surface area contributed by atoms with Crippen LogP contribution in [0, 0.1) is 0 Å². The molecule has 0 unspecified atom stereocenters. The van der Waals surface area contributed by atoms with Gasteiger partial charge in [0.25, 0.3) is 5.91 Å². The molecule has 0 fully saturated rings. The van der Waals surface area contributed by atoms with Crippen molar-refractivity contribution < 1.29 is 4.79 Å². The Morgan fingerprint density at radius 1 is 1.12 bits per heavy atom. The van der Waals surface area contributed by atoms with Crippen LogP contribution < -0.4 is 5.32 Å². The van der Waals surface area contributed by atoms with Crippen molar-refractivity contribution in [3.05, 3.63) is 83.3 Å². The Morgan fingerprint density at radius 2 is 1.96 bits per heavy atom. The van der Waals surface area contributed by atoms with Gasteiger partial charge in [0.05, 0.1) is 11.4 Å². The lowest BCUT2D eigenvalue weighted by molar-refractivity contribution is 0.0950. The van der Waals surface area contributed by atoms with Gasteiger partial charge in [0, 0.05) is 35.1 Å². The number of hydrogen-bond acceptors (Lipinski definition) is 2. The smallest absolute Gasteiger partial charge is 0.267 e. The van der Waals surface area contributed by atoms with Crippen LogP contribution in [0.3, 0.4) is 0 Å². The number of halogens is 1. The maximum atomic E-state index is 12.3. The Balaban J connectivity index is 1.37. The molecule has 2 N–H and O–H groups in total. The fraction of sp³-hybridized carbons (Fsp3) is 0.100. The molecular weight excluding hydrogens is 348 g/mol. The number of aromatic nitrogens is 3. The van der Waals surface area contributed by atoms with Crippen LogP contribution in [-0.2, 0) is 6.42 Å². The number of nitrogens with zero attached hydrogens (tertiary/aromatic N) is 2. The number of nitrogens with one attached hydrogen (secondary N) is 2. The number of aromatic amines is 1. The van der Waals surface area contributed by atoms with Gasteiger partial charge in [-0.3, -0.25) is 4.79 Å². The summed E-state index contributed by atoms with van der Waals surface area (Å²) >= 11 is 5.98. The molecule has 5 nitrogen and oxygen atoms in total. The predicted octanol–water partition coefficient (Wildman–Crippen LogP) is 3.98. The molecule has 0 aliphatic rings. The molecule has 0 spiro atoms. The molecule has 2 aromatic heterocycles. The lowest BCUT2D eigenvalue weighted by Crippen LogP contribution is -2.26. The molecule has 6 heteroatoms. The Hall–Kier alpha value is -3.05. The molecule has 2 aromatic carbocycles. The molecule has 0 atom stereocenters. The minimum absolute atomic E-state index is 0.139. The van der Waals surface area contributed by atoms with Gasteiger partial charge in [-0.1, -0.05) is 35.9 Å². The molecule has 0 bridgehead atoms. The van der Waals surface area contributed by atoms with E-state index in [1.165, 1.54) is 0 Å². The first-order chi connectivity index (χ1) is 12.7. The summed E-state index contributed by atoms with van der Waals surface area (Å²) in [5.74, 6) is -0.139. The molecule has 0 aliphatic heterocycles. The SMILES string of the molecule is O=C(NCCc1ccn(-c2ccccc2)n1)c1cc2ccc(Cl)cc2[nH]1. The number of carbonyl (C=O) groups excluding carboxylic acids is 1. The third-order valence-corrected chi connectivity index (χ3v) is 4.40. The molecule has 0 radical (unpaired) electrons. The van der Waals surface area contributed by atoms with Gasteiger partial charge in [0.1, 0.15) is 5.69 Å². The summed E-state index contributed by atoms with van der Waals surface area (Å²) in [7, 11) is 0. The van der Waals surface area contributed by atoms with Gasteiger partial charge in [-0.25, -0.2) is 4.68 Å². The highest BCUT2D eigenvalue weighted by Crippen LogP contribution is 2.19. The standard InChI is InChI=1S/C20H17ClN4O/c21-15-7-6-14-12-19(23-18(14)13-15)20(26)22-10-8-16-9-11-25(24-16)17-4-2-1-3-5-17/h1-7,9,11-13,23H,8,10H2,(H,22,26). The summed E-state index contributed by atoms with van der Waals surface area (Å²) in [6, 6.07) is 19.2. The summed E-state index contributed by atoms with van der Waals surface area (Å²) in [6.45, 7) is 0.515. The molecule has 4 aromatic rings. The van der Waals surface area contributed by atoms with Crippen molar-refractivity contribution in [3.63, 3.8) is 0 Å². The Morgan fingerprint density at radius 3 is 2.81 bits per heavy atom. The van der Waals surface area contributed by atoms with E-state index in [1.807, 2.05) is 71.5 Å². The highest BCUT2D eigenvalue weighted by Gasteiger charge is 2.10. The van der Waals surface area contributed by atoms with E-state index in [1.54, 1.807) is 0 Å². The first-order valence-electron chi connectivity index (χ1n) is 8.35. The van der Waals surface area contributed by atoms with Crippen molar-refractivity contribution in [1.29, 1.82) is 0 Å². The number of benzene rings is 2. The van der Waals surface area contributed by atoms with Crippen molar-refractivity contribution >= 4 is 28.4 Å². The third kappa shape index (κ3) is 3.48. The highest BCUT2D eigenvalue weighted by molar-refractivity contribution is 6.31. The monoisotopic (exact) mass is 364 g/mol. The van der Waals surface area contributed by atoms with Crippen molar-refractivity contribution in [2.75, 3.05) is 6.54 Å². The van der Waals surface area contributed by atoms with Gasteiger partial charge in [-0.15, -0.1) is 0 Å². The van der Waals surface area contributed by atoms with Crippen LogP contribution in [0.1, 0.15) is 16.2 Å². The van der Waals surface area contributed by atoms with Gasteiger partial charge in [-0.05, 0) is 36.4 Å². The first-order valence-corrected chi connectivity index (χ1v) is 8.73. The van der Waals surface area contributed by atoms with Crippen molar-refractivity contribution in [2.45, 2.75) is 6.42 Å². The molecule has 2 heterocycles. The second-order valence-corrected chi connectivity index (χ2v) is 6.44. The molecule has 0 aliphatic carbocycles. The number of carbonyl (C=O) groups is 1. The highest BCUT2D eigenvalue weighted by atomic mass is 35.5. The van der Waals surface area contributed by atoms with Gasteiger partial charge in [0.15, 0.2) is 0 Å². The molecule has 26 heavy (non-hydrogen) atoms. The number of para-hydroxylation sites is 1. The van der Waals surface area contributed by atoms with Gasteiger partial charge < -0.3 is 10.3 Å². The van der Waals surface area contributed by atoms with E-state index in [9.17, 15) is 4.79 Å². The predicted molar refractivity (Wildman–Crippen MR) is 103 cm³/mol. The zero-order valence-electron chi connectivity index (χ0n) is 13.9. The van der Waals surface area contributed by atoms with Crippen molar-refractivity contribution in [3.8, 4) is 5.69 Å². The van der Waals surface area contributed by atoms with E-state index in [4.69, 9.17) is 11.6 Å². The number of rotatable bonds is 5. The van der Waals surface area contributed by atoms with Crippen LogP contribution in [0.25, 0.3) is 16.6 Å². The van der Waals surface area contributed by atoms with Crippen LogP contribution in [0.15, 0.2) is 66.9 Å². The largest absolute Gasteiger partial charge is 0.350 e. The summed E-state index contributed by atoms with van der Waals surface area (Å²) in [5.41, 5.74) is 3.32. The Kier molecular flexibility index (Phi) is 4.46. The number of H-pyrrole nitrogens is 1. The second-order valence-electron chi connectivity index (χ2n) is 6.01. The van der Waals surface area contributed by atoms with E-state index >= 15 is 0 Å². The zero-order valence-corrected chi connectivity index (χ0v) is 14.7. The van der Waals surface area contributed by atoms with E-state index in [-0.39, 0.29) is 5.91 Å². The number of hydrogen-bond donors (Lipinski definition) is 2. The summed E-state index contributed by atoms with van der Waals surface area (Å²) in [5, 5.41) is 9.06. The lowest BCUT2D eigenvalue weighted by atomic mass is 10.2. The van der Waals surface area contributed by atoms with Gasteiger partial charge in [-0.2, -0.15) is 5.10 Å². The summed E-state index contributed by atoms with van der Waals surface area (Å²) < 4.78 is 1.83. The fourth-order valence-corrected chi connectivity index (χ4v) is 3.01. The van der Waals surface area contributed by atoms with E-state index < -0.39 is 0 Å². The topological polar surface area (TPSA) is 62.7 Å². The van der Waals surface area contributed by atoms with Crippen LogP contribution in [0.2, 0.25) is 5.02 Å². The Bertz CT molecular complexity index is 1050. The minimum atomic E-state index is -0.139. The molecular formula is C20H17ClN4O. The molecule has 4 rings (SSSR count). The van der Waals surface area contributed by atoms with Gasteiger partial charge >= 0.3 is 0 Å². The van der Waals surface area contributed by atoms with E-state index in [0.29, 0.717) is 23.7 Å². The fourth-order valence-electron chi connectivity index (χ4n) is 2.84. The minimum Gasteiger partial charge on any atom is -0.350 e. The maximum absolute atomic E-state index is 12.3. The number of fused-ring (bicyclic) bond motifs is 1. The van der Waals surface area contributed by atoms with E-state index in [0.717, 1.165) is 22.3 Å². The average Bonchev–Trinajstić information content (AvgIpc) is 3.29. The molecule has 0 saturated carbocycles. The van der Waals surface area contributed by atoms with Crippen molar-refractivity contribution in [1.82, 2.24) is 20.1 Å². The average molecular weight is 365 g/mol. The summed E-state index contributed by atoms with van der Waals surface area (Å²) in [4.78, 5) is 15.4. The third-order valence-electron chi connectivity index (χ3n) is 4.16. The van der Waals surface area contributed by atoms with Crippen LogP contribution in [0.5, 0.6) is 0 Å². The normalized spacial score (nSPS) is 11.0. The molecule has 130 valence electrons. The molecule has 0 saturated heterocycles. The van der Waals surface area contributed by atoms with Gasteiger partial charge in [0.2, 0.25) is 0 Å². The van der Waals surface area contributed by atoms with Crippen LogP contribution in [0.4, 0.5) is 0 Å². The second kappa shape index (κ2) is 7.06. The van der Waals surface area contributed by atoms with Crippen LogP contribution >= 0.6 is 11.6 Å². The van der Waals surface area contributed by atoms with E-state index in [2.05, 4.69) is 15.4 Å². The maximum Gasteiger partial charge on any atom is 0.267 e. The summed E-state index contributed by atoms with van der Waals surface area (Å²) in [6.07, 6.45) is 2.59. The van der Waals surface area contributed by atoms with Crippen LogP contribution in [-0.4, -0.2) is 27.2 Å². The number of amides is 1. The quantitative estimate of drug-likeness (QED) is 0.562.